The van der Waals surface area contributed by atoms with Crippen LogP contribution >= 0.6 is 18.9 Å². The van der Waals surface area contributed by atoms with Crippen molar-refractivity contribution in [2.24, 2.45) is 0 Å². The number of hydrogen-bond acceptors (Lipinski definition) is 0. The predicted octanol–water partition coefficient (Wildman–Crippen LogP) is 5.20. The van der Waals surface area contributed by atoms with Gasteiger partial charge >= 0.3 is 119 Å². The number of rotatable bonds is 1. The van der Waals surface area contributed by atoms with Crippen molar-refractivity contribution >= 4 is 18.9 Å². The van der Waals surface area contributed by atoms with E-state index >= 15 is 0 Å². The second-order valence-electron chi connectivity index (χ2n) is 7.83. The van der Waals surface area contributed by atoms with Crippen LogP contribution in [0.4, 0.5) is 0 Å². The molecular formula is C13H29ClPPd. The van der Waals surface area contributed by atoms with Gasteiger partial charge in [0.25, 0.3) is 0 Å². The molecule has 0 aliphatic heterocycles. The van der Waals surface area contributed by atoms with E-state index in [-0.39, 0.29) is 19.1 Å². The van der Waals surface area contributed by atoms with Gasteiger partial charge in [-0.15, -0.1) is 0 Å². The van der Waals surface area contributed by atoms with Crippen molar-refractivity contribution in [1.29, 1.82) is 0 Å². The molecule has 3 heteroatoms. The summed E-state index contributed by atoms with van der Waals surface area (Å²) in [5.41, 5.74) is 0. The van der Waals surface area contributed by atoms with Gasteiger partial charge in [0.2, 0.25) is 0 Å². The molecule has 0 bridgehead atoms. The molecule has 0 aromatic heterocycles. The third-order valence-corrected chi connectivity index (χ3v) is 14.6. The Bertz CT molecular complexity index is 204. The maximum absolute atomic E-state index is 6.65. The summed E-state index contributed by atoms with van der Waals surface area (Å²) in [4.78, 5) is 0. The van der Waals surface area contributed by atoms with Crippen LogP contribution in [0.5, 0.6) is 0 Å². The molecule has 0 N–H and O–H groups in total. The van der Waals surface area contributed by atoms with Crippen molar-refractivity contribution in [3.05, 3.63) is 0 Å². The average molecular weight is 358 g/mol. The summed E-state index contributed by atoms with van der Waals surface area (Å²) in [6.07, 6.45) is 0. The van der Waals surface area contributed by atoms with Crippen LogP contribution in [0.3, 0.4) is 0 Å². The molecule has 0 heterocycles. The van der Waals surface area contributed by atoms with E-state index in [9.17, 15) is 0 Å². The summed E-state index contributed by atoms with van der Waals surface area (Å²) in [6.45, 7) is 21.2. The van der Waals surface area contributed by atoms with E-state index in [1.54, 1.807) is 0 Å². The second kappa shape index (κ2) is 4.81. The normalized spacial score (nSPS) is 18.5. The molecule has 0 fully saturated rings. The molecule has 0 nitrogen and oxygen atoms in total. The molecule has 0 aliphatic carbocycles. The molecule has 0 saturated carbocycles. The standard InChI is InChI=1S/C13H29ClP.Pd/c1-11(2,3)15(10-14,12(4,5)6)13(7,8)9;/h10,15H,1-9H3;. The molecule has 0 aliphatic rings. The van der Waals surface area contributed by atoms with Gasteiger partial charge in [-0.2, -0.15) is 0 Å². The topological polar surface area (TPSA) is 0 Å². The van der Waals surface area contributed by atoms with Crippen LogP contribution in [-0.2, 0) is 19.2 Å². The Balaban J connectivity index is 6.05. The fourth-order valence-corrected chi connectivity index (χ4v) is 21.8. The summed E-state index contributed by atoms with van der Waals surface area (Å²) in [7, 11) is -1.78. The van der Waals surface area contributed by atoms with Crippen molar-refractivity contribution < 1.29 is 19.2 Å². The van der Waals surface area contributed by atoms with Gasteiger partial charge in [-0.3, -0.25) is 0 Å². The summed E-state index contributed by atoms with van der Waals surface area (Å²) in [6, 6.07) is 0. The van der Waals surface area contributed by atoms with Crippen LogP contribution in [0.1, 0.15) is 62.3 Å². The summed E-state index contributed by atoms with van der Waals surface area (Å²) in [5.74, 6) is 0. The van der Waals surface area contributed by atoms with Gasteiger partial charge in [0.05, 0.1) is 0 Å². The molecule has 103 valence electrons. The molecule has 0 amide bonds. The van der Waals surface area contributed by atoms with E-state index in [2.05, 4.69) is 81.5 Å². The Morgan fingerprint density at radius 1 is 0.750 bits per heavy atom. The molecule has 0 saturated heterocycles. The molecule has 16 heavy (non-hydrogen) atoms. The zero-order valence-corrected chi connectivity index (χ0v) is 15.6. The van der Waals surface area contributed by atoms with Crippen LogP contribution in [0, 0.1) is 0 Å². The minimum absolute atomic E-state index is 0.135. The quantitative estimate of drug-likeness (QED) is 0.343. The Kier molecular flexibility index (Phi) is 5.23. The van der Waals surface area contributed by atoms with Crippen molar-refractivity contribution in [2.75, 3.05) is 0 Å². The molecule has 0 rings (SSSR count). The fourth-order valence-electron chi connectivity index (χ4n) is 4.28. The Hall–Kier alpha value is 1.38. The third kappa shape index (κ3) is 2.69. The summed E-state index contributed by atoms with van der Waals surface area (Å²) in [5, 5.41) is 0.818. The SMILES string of the molecule is CC(C)(C)[PH]([CH](Cl)[Pd])(C(C)(C)C)C(C)(C)C. The first-order valence-electron chi connectivity index (χ1n) is 5.94. The number of halogens is 1. The van der Waals surface area contributed by atoms with E-state index in [0.717, 1.165) is 0 Å². The fraction of sp³-hybridized carbons (Fsp3) is 1.00. The van der Waals surface area contributed by atoms with Gasteiger partial charge in [0.1, 0.15) is 0 Å². The van der Waals surface area contributed by atoms with Crippen LogP contribution in [0.25, 0.3) is 0 Å². The van der Waals surface area contributed by atoms with Crippen LogP contribution in [0.2, 0.25) is 0 Å². The molecule has 1 atom stereocenters. The van der Waals surface area contributed by atoms with Crippen LogP contribution in [0.15, 0.2) is 0 Å². The Morgan fingerprint density at radius 3 is 0.938 bits per heavy atom. The maximum atomic E-state index is 6.65. The summed E-state index contributed by atoms with van der Waals surface area (Å²) < 4.78 is 0.135. The summed E-state index contributed by atoms with van der Waals surface area (Å²) >= 11 is 10.1. The third-order valence-electron chi connectivity index (χ3n) is 3.85. The first kappa shape index (κ1) is 17.4. The van der Waals surface area contributed by atoms with Crippen LogP contribution < -0.4 is 0 Å². The van der Waals surface area contributed by atoms with E-state index < -0.39 is 7.26 Å². The minimum atomic E-state index is -1.78. The van der Waals surface area contributed by atoms with Crippen molar-refractivity contribution in [3.8, 4) is 0 Å². The predicted molar refractivity (Wildman–Crippen MR) is 77.2 cm³/mol. The first-order valence-corrected chi connectivity index (χ1v) is 9.35. The van der Waals surface area contributed by atoms with Crippen molar-refractivity contribution in [2.45, 2.75) is 81.4 Å². The Morgan fingerprint density at radius 2 is 0.938 bits per heavy atom. The first-order chi connectivity index (χ1) is 6.69. The van der Waals surface area contributed by atoms with Gasteiger partial charge < -0.3 is 0 Å². The van der Waals surface area contributed by atoms with E-state index in [1.165, 1.54) is 0 Å². The van der Waals surface area contributed by atoms with Gasteiger partial charge in [-0.05, 0) is 0 Å². The molecule has 0 radical (unpaired) electrons. The molecule has 0 aromatic carbocycles. The average Bonchev–Trinajstić information content (AvgIpc) is 1.71. The molecular weight excluding hydrogens is 329 g/mol. The van der Waals surface area contributed by atoms with Gasteiger partial charge in [0, 0.05) is 0 Å². The molecule has 0 spiro atoms. The molecule has 1 unspecified atom stereocenters. The van der Waals surface area contributed by atoms with Crippen molar-refractivity contribution in [3.63, 3.8) is 0 Å². The van der Waals surface area contributed by atoms with Crippen molar-refractivity contribution in [1.82, 2.24) is 0 Å². The van der Waals surface area contributed by atoms with E-state index in [0.29, 0.717) is 0 Å². The number of alkyl halides is 1. The van der Waals surface area contributed by atoms with Gasteiger partial charge in [-0.25, -0.2) is 0 Å². The second-order valence-corrected chi connectivity index (χ2v) is 17.5. The molecule has 0 aromatic rings. The monoisotopic (exact) mass is 357 g/mol. The zero-order valence-electron chi connectivity index (χ0n) is 12.3. The van der Waals surface area contributed by atoms with Gasteiger partial charge in [-0.1, -0.05) is 0 Å². The van der Waals surface area contributed by atoms with Gasteiger partial charge in [0.15, 0.2) is 0 Å². The number of hydrogen-bond donors (Lipinski definition) is 0. The van der Waals surface area contributed by atoms with E-state index in [1.807, 2.05) is 0 Å². The Labute approximate surface area is 119 Å². The van der Waals surface area contributed by atoms with E-state index in [4.69, 9.17) is 11.6 Å². The van der Waals surface area contributed by atoms with Crippen LogP contribution in [-0.4, -0.2) is 19.1 Å². The zero-order chi connectivity index (χ0) is 13.6.